The normalized spacial score (nSPS) is 14.2. The minimum atomic E-state index is -1.80. The molecule has 1 N–H and O–H groups in total. The van der Waals surface area contributed by atoms with Gasteiger partial charge in [0.15, 0.2) is 8.32 Å². The van der Waals surface area contributed by atoms with Gasteiger partial charge >= 0.3 is 0 Å². The van der Waals surface area contributed by atoms with Crippen LogP contribution in [0.5, 0.6) is 0 Å². The van der Waals surface area contributed by atoms with Crippen LogP contribution in [0.1, 0.15) is 41.0 Å². The van der Waals surface area contributed by atoms with Crippen LogP contribution in [0.25, 0.3) is 0 Å². The SMILES string of the molecule is CC(C)C[C@H](CO[Si](C)(C)C(C)(C)C)Nc1nc(Cl)nc(Cl)n1. The van der Waals surface area contributed by atoms with E-state index in [9.17, 15) is 0 Å². The Balaban J connectivity index is 2.80. The highest BCUT2D eigenvalue weighted by atomic mass is 35.5. The molecule has 0 radical (unpaired) electrons. The lowest BCUT2D eigenvalue weighted by Gasteiger charge is -2.37. The van der Waals surface area contributed by atoms with Crippen molar-refractivity contribution < 1.29 is 4.43 Å². The van der Waals surface area contributed by atoms with Crippen molar-refractivity contribution in [3.63, 3.8) is 0 Å². The van der Waals surface area contributed by atoms with Gasteiger partial charge in [-0.3, -0.25) is 0 Å². The number of anilines is 1. The minimum absolute atomic E-state index is 0.0844. The van der Waals surface area contributed by atoms with Crippen LogP contribution in [-0.4, -0.2) is 35.9 Å². The van der Waals surface area contributed by atoms with E-state index in [2.05, 4.69) is 68.0 Å². The molecule has 1 atom stereocenters. The lowest BCUT2D eigenvalue weighted by Crippen LogP contribution is -2.44. The maximum Gasteiger partial charge on any atom is 0.228 e. The molecule has 0 spiro atoms. The van der Waals surface area contributed by atoms with Gasteiger partial charge in [-0.05, 0) is 53.7 Å². The molecule has 5 nitrogen and oxygen atoms in total. The van der Waals surface area contributed by atoms with Gasteiger partial charge in [0.2, 0.25) is 16.5 Å². The molecule has 1 aromatic rings. The summed E-state index contributed by atoms with van der Waals surface area (Å²) in [6, 6.07) is 0.0960. The molecule has 0 fully saturated rings. The summed E-state index contributed by atoms with van der Waals surface area (Å²) in [5, 5.41) is 3.63. The molecule has 1 heterocycles. The average Bonchev–Trinajstić information content (AvgIpc) is 2.32. The van der Waals surface area contributed by atoms with Gasteiger partial charge in [-0.15, -0.1) is 0 Å². The molecule has 0 aliphatic heterocycles. The third kappa shape index (κ3) is 6.91. The van der Waals surface area contributed by atoms with Crippen LogP contribution in [0.2, 0.25) is 28.7 Å². The van der Waals surface area contributed by atoms with E-state index in [0.29, 0.717) is 18.5 Å². The summed E-state index contributed by atoms with van der Waals surface area (Å²) in [6.45, 7) is 16.1. The van der Waals surface area contributed by atoms with E-state index in [4.69, 9.17) is 27.6 Å². The Kier molecular flexibility index (Phi) is 7.26. The first kappa shape index (κ1) is 20.6. The Hall–Kier alpha value is -0.433. The summed E-state index contributed by atoms with van der Waals surface area (Å²) in [7, 11) is -1.80. The monoisotopic (exact) mass is 378 g/mol. The number of hydrogen-bond donors (Lipinski definition) is 1. The summed E-state index contributed by atoms with van der Waals surface area (Å²) < 4.78 is 6.33. The first-order chi connectivity index (χ1) is 10.4. The fourth-order valence-corrected chi connectivity index (χ4v) is 3.25. The smallest absolute Gasteiger partial charge is 0.228 e. The molecule has 0 saturated carbocycles. The van der Waals surface area contributed by atoms with Crippen LogP contribution in [0, 0.1) is 5.92 Å². The molecule has 0 aromatic carbocycles. The van der Waals surface area contributed by atoms with E-state index in [1.54, 1.807) is 0 Å². The molecule has 0 amide bonds. The Morgan fingerprint density at radius 3 is 2.04 bits per heavy atom. The topological polar surface area (TPSA) is 59.9 Å². The van der Waals surface area contributed by atoms with Crippen molar-refractivity contribution in [2.75, 3.05) is 11.9 Å². The third-order valence-corrected chi connectivity index (χ3v) is 8.96. The first-order valence-corrected chi connectivity index (χ1v) is 11.5. The van der Waals surface area contributed by atoms with Gasteiger partial charge in [-0.1, -0.05) is 34.6 Å². The quantitative estimate of drug-likeness (QED) is 0.674. The molecule has 1 aromatic heterocycles. The van der Waals surface area contributed by atoms with Gasteiger partial charge in [0.25, 0.3) is 0 Å². The summed E-state index contributed by atoms with van der Waals surface area (Å²) in [6.07, 6.45) is 0.940. The molecule has 0 aliphatic carbocycles. The van der Waals surface area contributed by atoms with Gasteiger partial charge < -0.3 is 9.74 Å². The largest absolute Gasteiger partial charge is 0.415 e. The van der Waals surface area contributed by atoms with Crippen LogP contribution >= 0.6 is 23.2 Å². The van der Waals surface area contributed by atoms with E-state index in [0.717, 1.165) is 6.42 Å². The second-order valence-electron chi connectivity index (χ2n) is 7.74. The van der Waals surface area contributed by atoms with Crippen LogP contribution < -0.4 is 5.32 Å². The van der Waals surface area contributed by atoms with Crippen molar-refractivity contribution >= 4 is 37.5 Å². The number of aromatic nitrogens is 3. The van der Waals surface area contributed by atoms with Crippen LogP contribution in [0.15, 0.2) is 0 Å². The van der Waals surface area contributed by atoms with Crippen molar-refractivity contribution in [2.24, 2.45) is 5.92 Å². The zero-order valence-electron chi connectivity index (χ0n) is 15.1. The number of rotatable bonds is 7. The number of nitrogens with zero attached hydrogens (tertiary/aromatic N) is 3. The van der Waals surface area contributed by atoms with Gasteiger partial charge in [0.1, 0.15) is 0 Å². The van der Waals surface area contributed by atoms with Crippen molar-refractivity contribution in [3.8, 4) is 0 Å². The fraction of sp³-hybridized carbons (Fsp3) is 0.800. The predicted octanol–water partition coefficient (Wildman–Crippen LogP) is 5.03. The molecular weight excluding hydrogens is 351 g/mol. The summed E-state index contributed by atoms with van der Waals surface area (Å²) >= 11 is 11.7. The second kappa shape index (κ2) is 8.10. The zero-order chi connectivity index (χ0) is 17.8. The third-order valence-electron chi connectivity index (χ3n) is 4.12. The van der Waals surface area contributed by atoms with Crippen LogP contribution in [-0.2, 0) is 4.43 Å². The Bertz CT molecular complexity index is 500. The van der Waals surface area contributed by atoms with Crippen molar-refractivity contribution in [1.29, 1.82) is 0 Å². The number of hydrogen-bond acceptors (Lipinski definition) is 5. The van der Waals surface area contributed by atoms with Gasteiger partial charge in [-0.25, -0.2) is 0 Å². The molecule has 1 rings (SSSR count). The standard InChI is InChI=1S/C15H28Cl2N4OSi/c1-10(2)8-11(9-22-23(6,7)15(3,4)5)18-14-20-12(16)19-13(17)21-14/h10-11H,8-9H2,1-7H3,(H,18,19,20,21)/t11-/m1/s1. The van der Waals surface area contributed by atoms with Gasteiger partial charge in [-0.2, -0.15) is 15.0 Å². The van der Waals surface area contributed by atoms with Gasteiger partial charge in [0, 0.05) is 0 Å². The zero-order valence-corrected chi connectivity index (χ0v) is 17.6. The summed E-state index contributed by atoms with van der Waals surface area (Å²) in [5.74, 6) is 0.905. The average molecular weight is 379 g/mol. The van der Waals surface area contributed by atoms with Gasteiger partial charge in [0.05, 0.1) is 12.6 Å². The minimum Gasteiger partial charge on any atom is -0.415 e. The van der Waals surface area contributed by atoms with E-state index in [1.807, 2.05) is 0 Å². The first-order valence-electron chi connectivity index (χ1n) is 7.88. The van der Waals surface area contributed by atoms with Crippen molar-refractivity contribution in [2.45, 2.75) is 65.2 Å². The molecule has 132 valence electrons. The molecule has 0 unspecified atom stereocenters. The Labute approximate surface area is 150 Å². The lowest BCUT2D eigenvalue weighted by atomic mass is 10.0. The number of halogens is 2. The molecule has 0 aliphatic rings. The fourth-order valence-electron chi connectivity index (χ4n) is 1.84. The molecular formula is C15H28Cl2N4OSi. The lowest BCUT2D eigenvalue weighted by molar-refractivity contribution is 0.256. The van der Waals surface area contributed by atoms with E-state index < -0.39 is 8.32 Å². The van der Waals surface area contributed by atoms with Crippen molar-refractivity contribution in [3.05, 3.63) is 10.6 Å². The maximum absolute atomic E-state index is 6.33. The molecule has 23 heavy (non-hydrogen) atoms. The Morgan fingerprint density at radius 2 is 1.61 bits per heavy atom. The van der Waals surface area contributed by atoms with Crippen LogP contribution in [0.3, 0.4) is 0 Å². The summed E-state index contributed by atoms with van der Waals surface area (Å²) in [4.78, 5) is 11.9. The van der Waals surface area contributed by atoms with E-state index in [1.165, 1.54) is 0 Å². The van der Waals surface area contributed by atoms with E-state index in [-0.39, 0.29) is 21.6 Å². The highest BCUT2D eigenvalue weighted by Gasteiger charge is 2.37. The van der Waals surface area contributed by atoms with Crippen molar-refractivity contribution in [1.82, 2.24) is 15.0 Å². The predicted molar refractivity (Wildman–Crippen MR) is 99.9 cm³/mol. The van der Waals surface area contributed by atoms with Crippen LogP contribution in [0.4, 0.5) is 5.95 Å². The highest BCUT2D eigenvalue weighted by Crippen LogP contribution is 2.36. The molecule has 0 saturated heterocycles. The second-order valence-corrected chi connectivity index (χ2v) is 13.2. The number of nitrogens with one attached hydrogen (secondary N) is 1. The van der Waals surface area contributed by atoms with E-state index >= 15 is 0 Å². The maximum atomic E-state index is 6.33. The molecule has 8 heteroatoms. The highest BCUT2D eigenvalue weighted by molar-refractivity contribution is 6.74. The molecule has 0 bridgehead atoms. The summed E-state index contributed by atoms with van der Waals surface area (Å²) in [5.41, 5.74) is 0. The Morgan fingerprint density at radius 1 is 1.09 bits per heavy atom.